The van der Waals surface area contributed by atoms with Gasteiger partial charge in [-0.3, -0.25) is 19.5 Å². The lowest BCUT2D eigenvalue weighted by Gasteiger charge is -2.26. The third-order valence-corrected chi connectivity index (χ3v) is 10.8. The van der Waals surface area contributed by atoms with Gasteiger partial charge in [0.05, 0.1) is 36.9 Å². The molecule has 4 aromatic carbocycles. The number of nitrogens with zero attached hydrogens (tertiary/aromatic N) is 3. The van der Waals surface area contributed by atoms with Crippen LogP contribution in [-0.4, -0.2) is 28.3 Å². The number of non-ortho nitro benzene ring substituents is 1. The zero-order valence-corrected chi connectivity index (χ0v) is 32.0. The number of thioether (sulfide) groups is 1. The normalized spacial score (nSPS) is 14.3. The van der Waals surface area contributed by atoms with Crippen LogP contribution >= 0.6 is 68.3 Å². The fourth-order valence-corrected chi connectivity index (χ4v) is 8.84. The Labute approximate surface area is 316 Å². The summed E-state index contributed by atoms with van der Waals surface area (Å²) in [5.41, 5.74) is 3.41. The number of halogens is 2. The van der Waals surface area contributed by atoms with E-state index in [1.807, 2.05) is 73.0 Å². The summed E-state index contributed by atoms with van der Waals surface area (Å²) in [4.78, 5) is 45.3. The van der Waals surface area contributed by atoms with Gasteiger partial charge < -0.3 is 9.47 Å². The molecule has 0 N–H and O–H groups in total. The fourth-order valence-electron chi connectivity index (χ4n) is 5.39. The Kier molecular flexibility index (Phi) is 11.0. The molecule has 6 rings (SSSR count). The van der Waals surface area contributed by atoms with Crippen molar-refractivity contribution in [3.8, 4) is 5.75 Å². The number of nitro benzene ring substituents is 1. The third kappa shape index (κ3) is 7.54. The molecular formula is C36H27I2N3O6S2. The number of esters is 1. The van der Waals surface area contributed by atoms with Gasteiger partial charge in [-0.1, -0.05) is 53.8 Å². The van der Waals surface area contributed by atoms with E-state index in [1.54, 1.807) is 41.5 Å². The molecule has 1 aliphatic rings. The van der Waals surface area contributed by atoms with Crippen molar-refractivity contribution < 1.29 is 19.2 Å². The molecule has 13 heteroatoms. The number of hydrogen-bond acceptors (Lipinski definition) is 9. The molecule has 1 aromatic heterocycles. The second kappa shape index (κ2) is 15.4. The van der Waals surface area contributed by atoms with Crippen LogP contribution in [0.3, 0.4) is 0 Å². The molecule has 0 saturated heterocycles. The Hall–Kier alpha value is -3.80. The highest BCUT2D eigenvalue weighted by Crippen LogP contribution is 2.36. The minimum atomic E-state index is -0.780. The molecular weight excluding hydrogens is 888 g/mol. The van der Waals surface area contributed by atoms with Crippen molar-refractivity contribution in [2.75, 3.05) is 12.9 Å². The summed E-state index contributed by atoms with van der Waals surface area (Å²) < 4.78 is 15.6. The van der Waals surface area contributed by atoms with Crippen molar-refractivity contribution in [2.24, 2.45) is 4.99 Å². The first-order chi connectivity index (χ1) is 23.7. The molecule has 0 bridgehead atoms. The first-order valence-corrected chi connectivity index (χ1v) is 19.2. The van der Waals surface area contributed by atoms with Gasteiger partial charge in [-0.25, -0.2) is 9.79 Å². The number of carbonyl (C=O) groups is 1. The molecule has 0 aliphatic carbocycles. The minimum absolute atomic E-state index is 0.00342. The quantitative estimate of drug-likeness (QED) is 0.0474. The number of fused-ring (bicyclic) bond motifs is 1. The van der Waals surface area contributed by atoms with E-state index in [1.165, 1.54) is 23.5 Å². The maximum Gasteiger partial charge on any atom is 0.338 e. The zero-order valence-electron chi connectivity index (χ0n) is 26.1. The molecule has 0 spiro atoms. The predicted molar refractivity (Wildman–Crippen MR) is 209 cm³/mol. The molecule has 0 amide bonds. The number of nitro groups is 1. The number of aromatic nitrogens is 1. The van der Waals surface area contributed by atoms with E-state index in [2.05, 4.69) is 45.2 Å². The van der Waals surface area contributed by atoms with Crippen molar-refractivity contribution in [1.29, 1.82) is 0 Å². The van der Waals surface area contributed by atoms with Gasteiger partial charge in [0.15, 0.2) is 4.80 Å². The number of hydrogen-bond donors (Lipinski definition) is 0. The van der Waals surface area contributed by atoms with Crippen molar-refractivity contribution in [2.45, 2.75) is 24.5 Å². The Bertz CT molecular complexity index is 2270. The standard InChI is InChI=1S/C36H27I2N3O6S2/c1-3-46-35(43)30-31(22-7-5-4-6-8-22)39-36-40(32(30)23-11-15-27(48-2)16-12-23)34(42)29(49-36)18-24-17-25(37)19-28(38)33(24)47-20-21-9-13-26(14-10-21)41(44)45/h4-19,32H,3,20H2,1-2H3/b29-18-/t32-/m0/s1. The first-order valence-electron chi connectivity index (χ1n) is 15.0. The molecule has 248 valence electrons. The number of rotatable bonds is 10. The Morgan fingerprint density at radius 2 is 1.78 bits per heavy atom. The van der Waals surface area contributed by atoms with Crippen molar-refractivity contribution >= 4 is 91.7 Å². The lowest BCUT2D eigenvalue weighted by Crippen LogP contribution is -2.40. The summed E-state index contributed by atoms with van der Waals surface area (Å²) in [5.74, 6) is 0.0408. The Morgan fingerprint density at radius 1 is 1.06 bits per heavy atom. The van der Waals surface area contributed by atoms with E-state index in [-0.39, 0.29) is 24.5 Å². The number of benzene rings is 4. The Balaban J connectivity index is 1.52. The zero-order chi connectivity index (χ0) is 34.7. The third-order valence-electron chi connectivity index (χ3n) is 7.66. The van der Waals surface area contributed by atoms with E-state index < -0.39 is 16.9 Å². The summed E-state index contributed by atoms with van der Waals surface area (Å²) in [6.45, 7) is 2.09. The predicted octanol–water partition coefficient (Wildman–Crippen LogP) is 7.35. The summed E-state index contributed by atoms with van der Waals surface area (Å²) in [6.07, 6.45) is 3.79. The second-order valence-corrected chi connectivity index (χ2v) is 15.0. The Morgan fingerprint density at radius 3 is 2.43 bits per heavy atom. The fraction of sp³-hybridized carbons (Fsp3) is 0.139. The molecule has 0 radical (unpaired) electrons. The molecule has 2 heterocycles. The van der Waals surface area contributed by atoms with Crippen LogP contribution < -0.4 is 19.6 Å². The highest BCUT2D eigenvalue weighted by molar-refractivity contribution is 14.1. The van der Waals surface area contributed by atoms with Gasteiger partial charge in [0, 0.05) is 31.7 Å². The smallest absolute Gasteiger partial charge is 0.338 e. The van der Waals surface area contributed by atoms with Gasteiger partial charge in [0.25, 0.3) is 11.2 Å². The molecule has 5 aromatic rings. The highest BCUT2D eigenvalue weighted by atomic mass is 127. The van der Waals surface area contributed by atoms with Gasteiger partial charge in [-0.2, -0.15) is 0 Å². The summed E-state index contributed by atoms with van der Waals surface area (Å²) in [6, 6.07) is 26.6. The monoisotopic (exact) mass is 915 g/mol. The van der Waals surface area contributed by atoms with E-state index in [4.69, 9.17) is 14.5 Å². The average molecular weight is 916 g/mol. The molecule has 0 saturated carbocycles. The van der Waals surface area contributed by atoms with Crippen LogP contribution in [0.5, 0.6) is 5.75 Å². The van der Waals surface area contributed by atoms with Crippen LogP contribution in [-0.2, 0) is 16.1 Å². The number of carbonyl (C=O) groups excluding carboxylic acids is 1. The number of thiazole rings is 1. The molecule has 1 atom stereocenters. The molecule has 1 aliphatic heterocycles. The van der Waals surface area contributed by atoms with E-state index in [9.17, 15) is 19.7 Å². The largest absolute Gasteiger partial charge is 0.487 e. The van der Waals surface area contributed by atoms with E-state index in [0.717, 1.165) is 28.7 Å². The van der Waals surface area contributed by atoms with Crippen LogP contribution in [0.1, 0.15) is 35.2 Å². The average Bonchev–Trinajstić information content (AvgIpc) is 3.41. The van der Waals surface area contributed by atoms with Crippen LogP contribution in [0.25, 0.3) is 11.8 Å². The van der Waals surface area contributed by atoms with Gasteiger partial charge >= 0.3 is 5.97 Å². The van der Waals surface area contributed by atoms with Crippen LogP contribution in [0, 0.1) is 17.3 Å². The van der Waals surface area contributed by atoms with Crippen molar-refractivity contribution in [3.63, 3.8) is 0 Å². The van der Waals surface area contributed by atoms with E-state index >= 15 is 0 Å². The summed E-state index contributed by atoms with van der Waals surface area (Å²) in [5, 5.41) is 11.1. The first kappa shape index (κ1) is 35.0. The lowest BCUT2D eigenvalue weighted by molar-refractivity contribution is -0.384. The van der Waals surface area contributed by atoms with Gasteiger partial charge in [-0.05, 0) is 112 Å². The van der Waals surface area contributed by atoms with Crippen molar-refractivity contribution in [3.05, 3.63) is 156 Å². The van der Waals surface area contributed by atoms with Gasteiger partial charge in [0.1, 0.15) is 12.4 Å². The minimum Gasteiger partial charge on any atom is -0.487 e. The SMILES string of the molecule is CCOC(=O)C1=C(c2ccccc2)N=c2s/c(=C\c3cc(I)cc(I)c3OCc3ccc([N+](=O)[O-])cc3)c(=O)n2[C@H]1c1ccc(SC)cc1. The molecule has 0 unspecified atom stereocenters. The summed E-state index contributed by atoms with van der Waals surface area (Å²) in [7, 11) is 0. The van der Waals surface area contributed by atoms with Crippen LogP contribution in [0.15, 0.2) is 111 Å². The maximum atomic E-state index is 14.4. The van der Waals surface area contributed by atoms with Gasteiger partial charge in [-0.15, -0.1) is 11.8 Å². The molecule has 49 heavy (non-hydrogen) atoms. The van der Waals surface area contributed by atoms with Crippen LogP contribution in [0.4, 0.5) is 5.69 Å². The molecule has 9 nitrogen and oxygen atoms in total. The van der Waals surface area contributed by atoms with Crippen molar-refractivity contribution in [1.82, 2.24) is 4.57 Å². The van der Waals surface area contributed by atoms with Crippen LogP contribution in [0.2, 0.25) is 0 Å². The number of ether oxygens (including phenoxy) is 2. The maximum absolute atomic E-state index is 14.4. The highest BCUT2D eigenvalue weighted by Gasteiger charge is 2.35. The molecule has 0 fully saturated rings. The second-order valence-electron chi connectivity index (χ2n) is 10.7. The summed E-state index contributed by atoms with van der Waals surface area (Å²) >= 11 is 7.27. The van der Waals surface area contributed by atoms with Gasteiger partial charge in [0.2, 0.25) is 0 Å². The van der Waals surface area contributed by atoms with E-state index in [0.29, 0.717) is 31.9 Å². The topological polar surface area (TPSA) is 113 Å². The lowest BCUT2D eigenvalue weighted by atomic mass is 9.93.